The molecular weight excluding hydrogens is 285 g/mol. The van der Waals surface area contributed by atoms with Crippen molar-refractivity contribution in [2.45, 2.75) is 19.5 Å². The zero-order valence-corrected chi connectivity index (χ0v) is 10.4. The zero-order chi connectivity index (χ0) is 14.4. The molecule has 0 aromatic carbocycles. The van der Waals surface area contributed by atoms with Crippen LogP contribution in [0.15, 0.2) is 12.3 Å². The molecule has 0 radical (unpaired) electrons. The van der Waals surface area contributed by atoms with Crippen molar-refractivity contribution in [3.05, 3.63) is 34.2 Å². The molecule has 102 valence electrons. The second-order valence-electron chi connectivity index (χ2n) is 3.83. The van der Waals surface area contributed by atoms with Crippen LogP contribution in [0.3, 0.4) is 0 Å². The maximum absolute atomic E-state index is 12.7. The summed E-state index contributed by atoms with van der Waals surface area (Å²) in [5.41, 5.74) is -1.13. The lowest BCUT2D eigenvalue weighted by Gasteiger charge is -2.08. The number of aromatic nitrogens is 2. The molecule has 2 aromatic rings. The van der Waals surface area contributed by atoms with E-state index in [9.17, 15) is 18.0 Å². The van der Waals surface area contributed by atoms with Gasteiger partial charge in [0.15, 0.2) is 11.3 Å². The normalized spacial score (nSPS) is 12.1. The van der Waals surface area contributed by atoms with E-state index in [0.29, 0.717) is 6.20 Å². The Hall–Kier alpha value is -1.76. The Balaban J connectivity index is 2.85. The van der Waals surface area contributed by atoms with Crippen LogP contribution in [-0.4, -0.2) is 20.5 Å². The van der Waals surface area contributed by atoms with Gasteiger partial charge in [-0.3, -0.25) is 4.40 Å². The predicted molar refractivity (Wildman–Crippen MR) is 61.5 cm³/mol. The topological polar surface area (TPSA) is 54.6 Å². The van der Waals surface area contributed by atoms with Crippen molar-refractivity contribution in [1.29, 1.82) is 0 Å². The van der Waals surface area contributed by atoms with Crippen LogP contribution in [-0.2, 0) is 12.6 Å². The number of aromatic carboxylic acids is 1. The van der Waals surface area contributed by atoms with E-state index in [1.165, 1.54) is 0 Å². The van der Waals surface area contributed by atoms with Gasteiger partial charge in [0.1, 0.15) is 0 Å². The fourth-order valence-electron chi connectivity index (χ4n) is 1.78. The highest BCUT2D eigenvalue weighted by molar-refractivity contribution is 6.33. The molecule has 0 aliphatic rings. The van der Waals surface area contributed by atoms with Gasteiger partial charge in [0, 0.05) is 6.20 Å². The smallest absolute Gasteiger partial charge is 0.417 e. The third kappa shape index (κ3) is 2.25. The average Bonchev–Trinajstić information content (AvgIpc) is 2.66. The van der Waals surface area contributed by atoms with E-state index in [2.05, 4.69) is 4.98 Å². The number of pyridine rings is 1. The highest BCUT2D eigenvalue weighted by Crippen LogP contribution is 2.33. The van der Waals surface area contributed by atoms with Crippen LogP contribution in [0, 0.1) is 0 Å². The molecule has 4 nitrogen and oxygen atoms in total. The summed E-state index contributed by atoms with van der Waals surface area (Å²) in [6.45, 7) is 1.66. The van der Waals surface area contributed by atoms with E-state index in [1.807, 2.05) is 0 Å². The fourth-order valence-corrected chi connectivity index (χ4v) is 2.03. The molecule has 1 N–H and O–H groups in total. The molecule has 8 heteroatoms. The molecule has 0 amide bonds. The van der Waals surface area contributed by atoms with Gasteiger partial charge in [-0.05, 0) is 12.5 Å². The van der Waals surface area contributed by atoms with Gasteiger partial charge >= 0.3 is 12.1 Å². The highest BCUT2D eigenvalue weighted by atomic mass is 35.5. The van der Waals surface area contributed by atoms with Crippen LogP contribution in [0.25, 0.3) is 5.65 Å². The van der Waals surface area contributed by atoms with Crippen LogP contribution in [0.5, 0.6) is 0 Å². The van der Waals surface area contributed by atoms with Crippen molar-refractivity contribution in [1.82, 2.24) is 9.38 Å². The number of hydrogen-bond donors (Lipinski definition) is 1. The number of fused-ring (bicyclic) bond motifs is 1. The predicted octanol–water partition coefficient (Wildman–Crippen LogP) is 3.27. The van der Waals surface area contributed by atoms with E-state index in [0.717, 1.165) is 10.5 Å². The van der Waals surface area contributed by atoms with Crippen LogP contribution >= 0.6 is 11.6 Å². The first-order valence-corrected chi connectivity index (χ1v) is 5.64. The largest absolute Gasteiger partial charge is 0.477 e. The van der Waals surface area contributed by atoms with Crippen LogP contribution in [0.4, 0.5) is 13.2 Å². The van der Waals surface area contributed by atoms with Gasteiger partial charge in [-0.1, -0.05) is 18.5 Å². The van der Waals surface area contributed by atoms with Crippen molar-refractivity contribution in [2.75, 3.05) is 0 Å². The van der Waals surface area contributed by atoms with Crippen LogP contribution in [0.2, 0.25) is 5.02 Å². The maximum Gasteiger partial charge on any atom is 0.417 e. The van der Waals surface area contributed by atoms with E-state index in [1.54, 1.807) is 6.92 Å². The van der Waals surface area contributed by atoms with Gasteiger partial charge in [-0.15, -0.1) is 0 Å². The van der Waals surface area contributed by atoms with Gasteiger partial charge in [-0.2, -0.15) is 13.2 Å². The monoisotopic (exact) mass is 292 g/mol. The molecule has 0 atom stereocenters. The molecule has 0 aliphatic heterocycles. The molecule has 2 aromatic heterocycles. The lowest BCUT2D eigenvalue weighted by molar-refractivity contribution is -0.137. The van der Waals surface area contributed by atoms with E-state index in [-0.39, 0.29) is 28.5 Å². The summed E-state index contributed by atoms with van der Waals surface area (Å²) >= 11 is 5.74. The maximum atomic E-state index is 12.7. The molecule has 2 rings (SSSR count). The minimum absolute atomic E-state index is 0.00363. The number of alkyl halides is 3. The van der Waals surface area contributed by atoms with Crippen molar-refractivity contribution in [2.24, 2.45) is 0 Å². The second kappa shape index (κ2) is 4.41. The molecule has 0 fully saturated rings. The Morgan fingerprint density at radius 2 is 2.16 bits per heavy atom. The van der Waals surface area contributed by atoms with E-state index in [4.69, 9.17) is 16.7 Å². The molecular formula is C11H8ClF3N2O2. The Morgan fingerprint density at radius 3 is 2.63 bits per heavy atom. The van der Waals surface area contributed by atoms with Gasteiger partial charge in [0.25, 0.3) is 0 Å². The molecule has 0 unspecified atom stereocenters. The number of carboxylic acids is 1. The number of aryl methyl sites for hydroxylation is 1. The summed E-state index contributed by atoms with van der Waals surface area (Å²) in [6, 6.07) is 0.731. The molecule has 0 saturated carbocycles. The minimum Gasteiger partial charge on any atom is -0.477 e. The highest BCUT2D eigenvalue weighted by Gasteiger charge is 2.33. The first-order valence-electron chi connectivity index (χ1n) is 5.26. The van der Waals surface area contributed by atoms with Crippen LogP contribution < -0.4 is 0 Å². The lowest BCUT2D eigenvalue weighted by atomic mass is 10.2. The van der Waals surface area contributed by atoms with Crippen molar-refractivity contribution in [3.8, 4) is 0 Å². The number of nitrogens with zero attached hydrogens (tertiary/aromatic N) is 2. The number of halogens is 4. The van der Waals surface area contributed by atoms with Gasteiger partial charge in [-0.25, -0.2) is 9.78 Å². The number of rotatable bonds is 2. The molecule has 0 saturated heterocycles. The third-order valence-electron chi connectivity index (χ3n) is 2.61. The van der Waals surface area contributed by atoms with Crippen LogP contribution in [0.1, 0.15) is 28.7 Å². The van der Waals surface area contributed by atoms with Gasteiger partial charge in [0.2, 0.25) is 0 Å². The average molecular weight is 293 g/mol. The number of carboxylic acid groups (broad SMARTS) is 1. The SMILES string of the molecule is CCc1nc2c(Cl)cc(C(F)(F)F)cn2c1C(=O)O. The molecule has 2 heterocycles. The molecule has 19 heavy (non-hydrogen) atoms. The first kappa shape index (κ1) is 13.7. The minimum atomic E-state index is -4.61. The van der Waals surface area contributed by atoms with Crippen molar-refractivity contribution >= 4 is 23.2 Å². The summed E-state index contributed by atoms with van der Waals surface area (Å²) in [6.07, 6.45) is -3.64. The van der Waals surface area contributed by atoms with Gasteiger partial charge < -0.3 is 5.11 Å². The zero-order valence-electron chi connectivity index (χ0n) is 9.62. The Kier molecular flexibility index (Phi) is 3.17. The standard InChI is InChI=1S/C11H8ClF3N2O2/c1-2-7-8(10(18)19)17-4-5(11(13,14)15)3-6(12)9(17)16-7/h3-4H,2H2,1H3,(H,18,19). The number of carbonyl (C=O) groups is 1. The first-order chi connectivity index (χ1) is 8.75. The Morgan fingerprint density at radius 1 is 1.53 bits per heavy atom. The van der Waals surface area contributed by atoms with E-state index >= 15 is 0 Å². The Labute approximate surface area is 110 Å². The number of hydrogen-bond acceptors (Lipinski definition) is 2. The summed E-state index contributed by atoms with van der Waals surface area (Å²) in [5.74, 6) is -1.35. The number of imidazole rings is 1. The fraction of sp³-hybridized carbons (Fsp3) is 0.273. The van der Waals surface area contributed by atoms with Crippen molar-refractivity contribution < 1.29 is 23.1 Å². The molecule has 0 spiro atoms. The van der Waals surface area contributed by atoms with Gasteiger partial charge in [0.05, 0.1) is 16.3 Å². The third-order valence-corrected chi connectivity index (χ3v) is 2.89. The van der Waals surface area contributed by atoms with E-state index < -0.39 is 17.7 Å². The molecule has 0 bridgehead atoms. The summed E-state index contributed by atoms with van der Waals surface area (Å²) in [7, 11) is 0. The summed E-state index contributed by atoms with van der Waals surface area (Å²) < 4.78 is 38.9. The Bertz CT molecular complexity index is 664. The second-order valence-corrected chi connectivity index (χ2v) is 4.24. The van der Waals surface area contributed by atoms with Crippen molar-refractivity contribution in [3.63, 3.8) is 0 Å². The summed E-state index contributed by atoms with van der Waals surface area (Å²) in [5, 5.41) is 8.84. The quantitative estimate of drug-likeness (QED) is 0.924. The molecule has 0 aliphatic carbocycles. The lowest BCUT2D eigenvalue weighted by Crippen LogP contribution is -2.10. The summed E-state index contributed by atoms with van der Waals surface area (Å²) in [4.78, 5) is 15.1.